The maximum Gasteiger partial charge on any atom is 0.387 e. The van der Waals surface area contributed by atoms with Gasteiger partial charge in [0.25, 0.3) is 5.91 Å². The number of alkyl halides is 2. The van der Waals surface area contributed by atoms with Crippen LogP contribution in [0.1, 0.15) is 14.5 Å². The van der Waals surface area contributed by atoms with Crippen molar-refractivity contribution >= 4 is 28.6 Å². The fourth-order valence-corrected chi connectivity index (χ4v) is 2.36. The first kappa shape index (κ1) is 14.3. The van der Waals surface area contributed by atoms with Crippen LogP contribution in [0.25, 0.3) is 0 Å². The highest BCUT2D eigenvalue weighted by Gasteiger charge is 2.11. The predicted molar refractivity (Wildman–Crippen MR) is 74.5 cm³/mol. The Balaban J connectivity index is 2.04. The second-order valence-corrected chi connectivity index (χ2v) is 5.24. The molecule has 0 aliphatic carbocycles. The summed E-state index contributed by atoms with van der Waals surface area (Å²) >= 11 is 1.29. The summed E-state index contributed by atoms with van der Waals surface area (Å²) in [5, 5.41) is 2.65. The van der Waals surface area contributed by atoms with E-state index < -0.39 is 6.61 Å². The molecule has 0 aliphatic rings. The molecule has 0 saturated heterocycles. The van der Waals surface area contributed by atoms with Crippen molar-refractivity contribution in [1.29, 1.82) is 0 Å². The second kappa shape index (κ2) is 5.87. The number of amides is 1. The second-order valence-electron chi connectivity index (χ2n) is 3.98. The molecular weight excluding hydrogens is 286 g/mol. The minimum absolute atomic E-state index is 0.0363. The van der Waals surface area contributed by atoms with Crippen LogP contribution in [-0.2, 0) is 0 Å². The number of nitrogens with two attached hydrogens (primary N) is 1. The summed E-state index contributed by atoms with van der Waals surface area (Å²) in [6, 6.07) is 7.29. The van der Waals surface area contributed by atoms with Gasteiger partial charge in [-0.2, -0.15) is 8.78 Å². The molecule has 3 N–H and O–H groups in total. The van der Waals surface area contributed by atoms with Gasteiger partial charge in [0.2, 0.25) is 0 Å². The third-order valence-electron chi connectivity index (χ3n) is 2.52. The number of nitrogen functional groups attached to an aromatic ring is 1. The zero-order chi connectivity index (χ0) is 14.7. The summed E-state index contributed by atoms with van der Waals surface area (Å²) in [4.78, 5) is 13.3. The molecule has 7 heteroatoms. The lowest BCUT2D eigenvalue weighted by Gasteiger charge is -2.06. The minimum Gasteiger partial charge on any atom is -0.435 e. The molecule has 0 bridgehead atoms. The molecule has 0 fully saturated rings. The van der Waals surface area contributed by atoms with Crippen LogP contribution in [0, 0.1) is 6.92 Å². The topological polar surface area (TPSA) is 64.3 Å². The van der Waals surface area contributed by atoms with Crippen molar-refractivity contribution in [2.45, 2.75) is 13.5 Å². The van der Waals surface area contributed by atoms with E-state index in [2.05, 4.69) is 10.1 Å². The highest BCUT2D eigenvalue weighted by atomic mass is 32.1. The molecule has 0 atom stereocenters. The lowest BCUT2D eigenvalue weighted by atomic mass is 10.3. The third-order valence-corrected chi connectivity index (χ3v) is 3.58. The molecule has 0 aliphatic heterocycles. The van der Waals surface area contributed by atoms with E-state index in [0.717, 1.165) is 4.88 Å². The first-order valence-electron chi connectivity index (χ1n) is 5.68. The van der Waals surface area contributed by atoms with Crippen LogP contribution in [-0.4, -0.2) is 12.5 Å². The standard InChI is InChI=1S/C13H12F2N2O2S/c1-7-10(16)6-11(20-7)12(18)17-8-2-4-9(5-3-8)19-13(14)15/h2-6,13H,16H2,1H3,(H,17,18). The van der Waals surface area contributed by atoms with Gasteiger partial charge in [-0.15, -0.1) is 11.3 Å². The summed E-state index contributed by atoms with van der Waals surface area (Å²) in [6.07, 6.45) is 0. The van der Waals surface area contributed by atoms with E-state index in [-0.39, 0.29) is 11.7 Å². The zero-order valence-electron chi connectivity index (χ0n) is 10.5. The lowest BCUT2D eigenvalue weighted by molar-refractivity contribution is -0.0498. The maximum atomic E-state index is 12.0. The number of carbonyl (C=O) groups excluding carboxylic acids is 1. The highest BCUT2D eigenvalue weighted by Crippen LogP contribution is 2.25. The lowest BCUT2D eigenvalue weighted by Crippen LogP contribution is -2.10. The van der Waals surface area contributed by atoms with Gasteiger partial charge in [-0.1, -0.05) is 0 Å². The first-order valence-corrected chi connectivity index (χ1v) is 6.49. The number of carbonyl (C=O) groups is 1. The van der Waals surface area contributed by atoms with Crippen molar-refractivity contribution in [2.24, 2.45) is 0 Å². The van der Waals surface area contributed by atoms with Crippen LogP contribution in [0.2, 0.25) is 0 Å². The van der Waals surface area contributed by atoms with E-state index >= 15 is 0 Å². The van der Waals surface area contributed by atoms with E-state index in [0.29, 0.717) is 16.3 Å². The van der Waals surface area contributed by atoms with Crippen molar-refractivity contribution in [3.63, 3.8) is 0 Å². The Morgan fingerprint density at radius 2 is 2.00 bits per heavy atom. The highest BCUT2D eigenvalue weighted by molar-refractivity contribution is 7.14. The molecule has 4 nitrogen and oxygen atoms in total. The van der Waals surface area contributed by atoms with Gasteiger partial charge >= 0.3 is 6.61 Å². The molecular formula is C13H12F2N2O2S. The van der Waals surface area contributed by atoms with Crippen molar-refractivity contribution in [3.8, 4) is 5.75 Å². The van der Waals surface area contributed by atoms with Gasteiger partial charge in [0.1, 0.15) is 5.75 Å². The number of hydrogen-bond acceptors (Lipinski definition) is 4. The molecule has 0 spiro atoms. The SMILES string of the molecule is Cc1sc(C(=O)Nc2ccc(OC(F)F)cc2)cc1N. The van der Waals surface area contributed by atoms with Crippen molar-refractivity contribution in [1.82, 2.24) is 0 Å². The Morgan fingerprint density at radius 3 is 2.50 bits per heavy atom. The Labute approximate surface area is 118 Å². The smallest absolute Gasteiger partial charge is 0.387 e. The number of thiophene rings is 1. The van der Waals surface area contributed by atoms with E-state index in [1.807, 2.05) is 6.92 Å². The monoisotopic (exact) mass is 298 g/mol. The molecule has 106 valence electrons. The molecule has 0 unspecified atom stereocenters. The number of aryl methyl sites for hydroxylation is 1. The third kappa shape index (κ3) is 3.45. The summed E-state index contributed by atoms with van der Waals surface area (Å²) < 4.78 is 28.2. The van der Waals surface area contributed by atoms with Gasteiger partial charge in [-0.3, -0.25) is 4.79 Å². The summed E-state index contributed by atoms with van der Waals surface area (Å²) in [7, 11) is 0. The Kier molecular flexibility index (Phi) is 4.19. The summed E-state index contributed by atoms with van der Waals surface area (Å²) in [5.41, 5.74) is 6.74. The molecule has 2 rings (SSSR count). The van der Waals surface area contributed by atoms with Crippen molar-refractivity contribution < 1.29 is 18.3 Å². The van der Waals surface area contributed by atoms with Gasteiger partial charge in [-0.05, 0) is 37.3 Å². The zero-order valence-corrected chi connectivity index (χ0v) is 11.3. The number of ether oxygens (including phenoxy) is 1. The average molecular weight is 298 g/mol. The van der Waals surface area contributed by atoms with Gasteiger partial charge in [0.15, 0.2) is 0 Å². The number of rotatable bonds is 4. The Morgan fingerprint density at radius 1 is 1.35 bits per heavy atom. The fraction of sp³-hybridized carbons (Fsp3) is 0.154. The molecule has 1 amide bonds. The molecule has 1 aromatic carbocycles. The number of benzene rings is 1. The Bertz CT molecular complexity index is 592. The van der Waals surface area contributed by atoms with Crippen LogP contribution in [0.4, 0.5) is 20.2 Å². The number of halogens is 2. The van der Waals surface area contributed by atoms with Gasteiger partial charge in [-0.25, -0.2) is 0 Å². The Hall–Kier alpha value is -2.15. The molecule has 1 heterocycles. The fourth-order valence-electron chi connectivity index (χ4n) is 1.52. The maximum absolute atomic E-state index is 12.0. The first-order chi connectivity index (χ1) is 9.45. The summed E-state index contributed by atoms with van der Waals surface area (Å²) in [5.74, 6) is -0.258. The van der Waals surface area contributed by atoms with Gasteiger partial charge in [0.05, 0.1) is 4.88 Å². The summed E-state index contributed by atoms with van der Waals surface area (Å²) in [6.45, 7) is -1.04. The minimum atomic E-state index is -2.87. The molecule has 1 aromatic heterocycles. The van der Waals surface area contributed by atoms with Gasteiger partial charge < -0.3 is 15.8 Å². The van der Waals surface area contributed by atoms with Crippen LogP contribution in [0.3, 0.4) is 0 Å². The molecule has 0 saturated carbocycles. The van der Waals surface area contributed by atoms with Crippen LogP contribution >= 0.6 is 11.3 Å². The average Bonchev–Trinajstić information content (AvgIpc) is 2.71. The van der Waals surface area contributed by atoms with Crippen molar-refractivity contribution in [3.05, 3.63) is 40.1 Å². The van der Waals surface area contributed by atoms with Gasteiger partial charge in [0, 0.05) is 16.3 Å². The van der Waals surface area contributed by atoms with Crippen LogP contribution in [0.15, 0.2) is 30.3 Å². The molecule has 2 aromatic rings. The normalized spacial score (nSPS) is 10.6. The molecule has 0 radical (unpaired) electrons. The largest absolute Gasteiger partial charge is 0.435 e. The van der Waals surface area contributed by atoms with E-state index in [4.69, 9.17) is 5.73 Å². The number of anilines is 2. The van der Waals surface area contributed by atoms with Crippen LogP contribution < -0.4 is 15.8 Å². The predicted octanol–water partition coefficient (Wildman–Crippen LogP) is 3.49. The van der Waals surface area contributed by atoms with E-state index in [1.165, 1.54) is 35.6 Å². The quantitative estimate of drug-likeness (QED) is 0.908. The molecule has 20 heavy (non-hydrogen) atoms. The number of hydrogen-bond donors (Lipinski definition) is 2. The number of nitrogens with one attached hydrogen (secondary N) is 1. The van der Waals surface area contributed by atoms with E-state index in [9.17, 15) is 13.6 Å². The van der Waals surface area contributed by atoms with Crippen LogP contribution in [0.5, 0.6) is 5.75 Å². The van der Waals surface area contributed by atoms with E-state index in [1.54, 1.807) is 6.07 Å². The van der Waals surface area contributed by atoms with Crippen molar-refractivity contribution in [2.75, 3.05) is 11.1 Å².